The van der Waals surface area contributed by atoms with Crippen molar-refractivity contribution in [3.63, 3.8) is 0 Å². The summed E-state index contributed by atoms with van der Waals surface area (Å²) in [7, 11) is 0. The van der Waals surface area contributed by atoms with Gasteiger partial charge in [0.05, 0.1) is 11.6 Å². The van der Waals surface area contributed by atoms with E-state index >= 15 is 0 Å². The fraction of sp³-hybridized carbons (Fsp3) is 0.0476. The minimum Gasteiger partial charge on any atom is -0.309 e. The Bertz CT molecular complexity index is 1140. The molecule has 1 amide bonds. The highest BCUT2D eigenvalue weighted by Crippen LogP contribution is 2.19. The number of benzene rings is 2. The number of carbonyl (C=O) groups is 1. The Morgan fingerprint density at radius 1 is 0.926 bits per heavy atom. The van der Waals surface area contributed by atoms with Crippen LogP contribution >= 0.6 is 0 Å². The molecule has 0 saturated heterocycles. The molecule has 0 saturated carbocycles. The lowest BCUT2D eigenvalue weighted by molar-refractivity contribution is -0.118. The summed E-state index contributed by atoms with van der Waals surface area (Å²) < 4.78 is 1.22. The van der Waals surface area contributed by atoms with E-state index in [2.05, 4.69) is 15.4 Å². The lowest BCUT2D eigenvalue weighted by Crippen LogP contribution is -2.35. The molecule has 27 heavy (non-hydrogen) atoms. The topological polar surface area (TPSA) is 76.9 Å². The van der Waals surface area contributed by atoms with Crippen molar-refractivity contribution < 1.29 is 4.79 Å². The Hall–Kier alpha value is -3.80. The molecule has 1 unspecified atom stereocenters. The van der Waals surface area contributed by atoms with Crippen molar-refractivity contribution in [2.45, 2.75) is 6.04 Å². The van der Waals surface area contributed by atoms with Gasteiger partial charge in [0.1, 0.15) is 5.82 Å². The molecule has 4 aromatic rings. The summed E-state index contributed by atoms with van der Waals surface area (Å²) >= 11 is 0. The Kier molecular flexibility index (Phi) is 4.45. The van der Waals surface area contributed by atoms with E-state index < -0.39 is 6.04 Å². The van der Waals surface area contributed by atoms with Gasteiger partial charge in [-0.2, -0.15) is 5.10 Å². The second kappa shape index (κ2) is 7.21. The molecular weight excluding hydrogens is 340 g/mol. The molecule has 1 atom stereocenters. The molecule has 2 heterocycles. The van der Waals surface area contributed by atoms with Gasteiger partial charge in [-0.25, -0.2) is 9.67 Å². The largest absolute Gasteiger partial charge is 0.309 e. The minimum absolute atomic E-state index is 0.321. The third kappa shape index (κ3) is 3.32. The summed E-state index contributed by atoms with van der Waals surface area (Å²) in [6.07, 6.45) is 3.19. The lowest BCUT2D eigenvalue weighted by Gasteiger charge is -2.19. The van der Waals surface area contributed by atoms with Gasteiger partial charge in [0, 0.05) is 11.6 Å². The number of amides is 1. The van der Waals surface area contributed by atoms with E-state index in [4.69, 9.17) is 0 Å². The number of pyridine rings is 1. The summed E-state index contributed by atoms with van der Waals surface area (Å²) in [5.41, 5.74) is 0.342. The first-order valence-electron chi connectivity index (χ1n) is 8.47. The third-order valence-electron chi connectivity index (χ3n) is 4.24. The standard InChI is InChI=1S/C21H16N4O2/c26-20(24-18-12-6-7-13-22-18)19(15-8-2-1-3-9-15)25-21(27)17-11-5-4-10-16(17)14-23-25/h1-14,19H,(H,22,24,26). The predicted octanol–water partition coefficient (Wildman–Crippen LogP) is 3.02. The second-order valence-electron chi connectivity index (χ2n) is 6.00. The quantitative estimate of drug-likeness (QED) is 0.610. The normalized spacial score (nSPS) is 11.9. The zero-order valence-corrected chi connectivity index (χ0v) is 14.3. The van der Waals surface area contributed by atoms with E-state index in [-0.39, 0.29) is 11.5 Å². The van der Waals surface area contributed by atoms with Gasteiger partial charge in [0.2, 0.25) is 0 Å². The van der Waals surface area contributed by atoms with Crippen LogP contribution in [0.1, 0.15) is 11.6 Å². The fourth-order valence-electron chi connectivity index (χ4n) is 2.96. The van der Waals surface area contributed by atoms with Crippen LogP contribution in [-0.4, -0.2) is 20.7 Å². The molecule has 6 heteroatoms. The van der Waals surface area contributed by atoms with Crippen LogP contribution in [0, 0.1) is 0 Å². The zero-order chi connectivity index (χ0) is 18.6. The van der Waals surface area contributed by atoms with Crippen molar-refractivity contribution in [3.8, 4) is 0 Å². The van der Waals surface area contributed by atoms with Crippen LogP contribution in [-0.2, 0) is 4.79 Å². The highest BCUT2D eigenvalue weighted by Gasteiger charge is 2.25. The van der Waals surface area contributed by atoms with Crippen molar-refractivity contribution in [2.24, 2.45) is 0 Å². The Morgan fingerprint density at radius 2 is 1.67 bits per heavy atom. The van der Waals surface area contributed by atoms with Gasteiger partial charge in [0.25, 0.3) is 11.5 Å². The van der Waals surface area contributed by atoms with Gasteiger partial charge < -0.3 is 5.32 Å². The van der Waals surface area contributed by atoms with E-state index in [0.29, 0.717) is 16.8 Å². The molecule has 2 aromatic heterocycles. The summed E-state index contributed by atoms with van der Waals surface area (Å²) in [4.78, 5) is 30.2. The molecule has 0 radical (unpaired) electrons. The van der Waals surface area contributed by atoms with Crippen molar-refractivity contribution in [1.29, 1.82) is 0 Å². The number of carbonyl (C=O) groups excluding carboxylic acids is 1. The molecule has 4 rings (SSSR count). The summed E-state index contributed by atoms with van der Waals surface area (Å²) in [6.45, 7) is 0. The molecule has 0 bridgehead atoms. The van der Waals surface area contributed by atoms with Crippen LogP contribution in [0.25, 0.3) is 10.8 Å². The van der Waals surface area contributed by atoms with Crippen LogP contribution in [0.4, 0.5) is 5.82 Å². The van der Waals surface area contributed by atoms with Crippen molar-refractivity contribution in [2.75, 3.05) is 5.32 Å². The SMILES string of the molecule is O=C(Nc1ccccn1)C(c1ccccc1)n1ncc2ccccc2c1=O. The van der Waals surface area contributed by atoms with Crippen LogP contribution < -0.4 is 10.9 Å². The van der Waals surface area contributed by atoms with Crippen LogP contribution in [0.3, 0.4) is 0 Å². The van der Waals surface area contributed by atoms with Crippen LogP contribution in [0.5, 0.6) is 0 Å². The number of aromatic nitrogens is 3. The third-order valence-corrected chi connectivity index (χ3v) is 4.24. The van der Waals surface area contributed by atoms with Gasteiger partial charge in [-0.1, -0.05) is 54.6 Å². The number of fused-ring (bicyclic) bond motifs is 1. The van der Waals surface area contributed by atoms with Gasteiger partial charge >= 0.3 is 0 Å². The summed E-state index contributed by atoms with van der Waals surface area (Å²) in [5, 5.41) is 8.28. The Balaban J connectivity index is 1.83. The number of nitrogens with one attached hydrogen (secondary N) is 1. The summed E-state index contributed by atoms with van der Waals surface area (Å²) in [5.74, 6) is 0.0297. The maximum atomic E-state index is 13.1. The van der Waals surface area contributed by atoms with Gasteiger partial charge in [0.15, 0.2) is 6.04 Å². The average Bonchev–Trinajstić information content (AvgIpc) is 2.72. The number of hydrogen-bond acceptors (Lipinski definition) is 4. The highest BCUT2D eigenvalue weighted by atomic mass is 16.2. The first-order valence-corrected chi connectivity index (χ1v) is 8.47. The number of hydrogen-bond donors (Lipinski definition) is 1. The molecule has 6 nitrogen and oxygen atoms in total. The molecule has 0 aliphatic heterocycles. The van der Waals surface area contributed by atoms with Crippen molar-refractivity contribution in [3.05, 3.63) is 101 Å². The molecular formula is C21H16N4O2. The molecule has 0 fully saturated rings. The minimum atomic E-state index is -0.912. The van der Waals surface area contributed by atoms with Crippen molar-refractivity contribution in [1.82, 2.24) is 14.8 Å². The van der Waals surface area contributed by atoms with E-state index in [1.807, 2.05) is 30.3 Å². The highest BCUT2D eigenvalue weighted by molar-refractivity contribution is 5.95. The van der Waals surface area contributed by atoms with Gasteiger partial charge in [-0.05, 0) is 23.8 Å². The monoisotopic (exact) mass is 356 g/mol. The number of rotatable bonds is 4. The predicted molar refractivity (Wildman–Crippen MR) is 103 cm³/mol. The van der Waals surface area contributed by atoms with Gasteiger partial charge in [-0.15, -0.1) is 0 Å². The van der Waals surface area contributed by atoms with Crippen LogP contribution in [0.2, 0.25) is 0 Å². The Morgan fingerprint density at radius 3 is 2.44 bits per heavy atom. The second-order valence-corrected chi connectivity index (χ2v) is 6.00. The Labute approximate surface area is 155 Å². The molecule has 132 valence electrons. The fourth-order valence-corrected chi connectivity index (χ4v) is 2.96. The molecule has 0 spiro atoms. The lowest BCUT2D eigenvalue weighted by atomic mass is 10.1. The maximum Gasteiger partial charge on any atom is 0.275 e. The first kappa shape index (κ1) is 16.7. The van der Waals surface area contributed by atoms with E-state index in [9.17, 15) is 9.59 Å². The molecule has 1 N–H and O–H groups in total. The van der Waals surface area contributed by atoms with Crippen molar-refractivity contribution >= 4 is 22.5 Å². The van der Waals surface area contributed by atoms with E-state index in [0.717, 1.165) is 5.39 Å². The van der Waals surface area contributed by atoms with Gasteiger partial charge in [-0.3, -0.25) is 9.59 Å². The average molecular weight is 356 g/mol. The zero-order valence-electron chi connectivity index (χ0n) is 14.3. The first-order chi connectivity index (χ1) is 13.2. The number of anilines is 1. The smallest absolute Gasteiger partial charge is 0.275 e. The van der Waals surface area contributed by atoms with E-state index in [1.165, 1.54) is 4.68 Å². The van der Waals surface area contributed by atoms with E-state index in [1.54, 1.807) is 54.9 Å². The van der Waals surface area contributed by atoms with Crippen LogP contribution in [0.15, 0.2) is 90.0 Å². The maximum absolute atomic E-state index is 13.1. The molecule has 0 aliphatic rings. The molecule has 0 aliphatic carbocycles. The number of nitrogens with zero attached hydrogens (tertiary/aromatic N) is 3. The molecule has 2 aromatic carbocycles. The summed E-state index contributed by atoms with van der Waals surface area (Å²) in [6, 6.07) is 20.6.